The van der Waals surface area contributed by atoms with Crippen molar-refractivity contribution in [1.82, 2.24) is 9.97 Å². The number of piperidine rings is 1. The number of benzene rings is 2. The standard InChI is InChI=1S/C21H23N5/c1-16-10-12-26(13-11-16)18-8-6-17(7-9-18)14-23-25-21-15-22-19-4-2-3-5-20(19)24-21/h2-9,14-16H,10-13H2,1H3,(H,24,25). The first-order valence-corrected chi connectivity index (χ1v) is 9.14. The molecule has 4 rings (SSSR count). The third-order valence-corrected chi connectivity index (χ3v) is 4.88. The number of nitrogens with zero attached hydrogens (tertiary/aromatic N) is 4. The van der Waals surface area contributed by atoms with E-state index in [1.807, 2.05) is 24.3 Å². The van der Waals surface area contributed by atoms with Gasteiger partial charge in [0, 0.05) is 18.8 Å². The highest BCUT2D eigenvalue weighted by atomic mass is 15.3. The molecule has 1 aromatic heterocycles. The van der Waals surface area contributed by atoms with Crippen molar-refractivity contribution in [1.29, 1.82) is 0 Å². The molecule has 0 spiro atoms. The van der Waals surface area contributed by atoms with Crippen LogP contribution >= 0.6 is 0 Å². The topological polar surface area (TPSA) is 53.4 Å². The molecule has 0 bridgehead atoms. The number of nitrogens with one attached hydrogen (secondary N) is 1. The van der Waals surface area contributed by atoms with Gasteiger partial charge in [0.25, 0.3) is 0 Å². The van der Waals surface area contributed by atoms with Crippen molar-refractivity contribution in [2.45, 2.75) is 19.8 Å². The molecule has 26 heavy (non-hydrogen) atoms. The van der Waals surface area contributed by atoms with Crippen LogP contribution in [0.25, 0.3) is 11.0 Å². The number of para-hydroxylation sites is 2. The molecule has 5 heteroatoms. The molecule has 0 aliphatic carbocycles. The molecule has 0 radical (unpaired) electrons. The van der Waals surface area contributed by atoms with Gasteiger partial charge in [0.05, 0.1) is 23.4 Å². The molecule has 1 saturated heterocycles. The minimum atomic E-state index is 0.638. The fourth-order valence-corrected chi connectivity index (χ4v) is 3.22. The van der Waals surface area contributed by atoms with Gasteiger partial charge < -0.3 is 4.90 Å². The van der Waals surface area contributed by atoms with Gasteiger partial charge in [-0.2, -0.15) is 5.10 Å². The minimum absolute atomic E-state index is 0.638. The Balaban J connectivity index is 1.38. The van der Waals surface area contributed by atoms with Crippen LogP contribution in [0.3, 0.4) is 0 Å². The van der Waals surface area contributed by atoms with Crippen molar-refractivity contribution in [3.05, 3.63) is 60.3 Å². The first-order valence-electron chi connectivity index (χ1n) is 9.14. The number of aromatic nitrogens is 2. The summed E-state index contributed by atoms with van der Waals surface area (Å²) in [5, 5.41) is 4.28. The molecule has 3 aromatic rings. The summed E-state index contributed by atoms with van der Waals surface area (Å²) in [5.41, 5.74) is 7.04. The lowest BCUT2D eigenvalue weighted by Gasteiger charge is -2.32. The Morgan fingerprint density at radius 3 is 2.54 bits per heavy atom. The largest absolute Gasteiger partial charge is 0.372 e. The summed E-state index contributed by atoms with van der Waals surface area (Å²) in [6, 6.07) is 16.3. The zero-order chi connectivity index (χ0) is 17.8. The van der Waals surface area contributed by atoms with Crippen LogP contribution in [0.2, 0.25) is 0 Å². The van der Waals surface area contributed by atoms with Gasteiger partial charge >= 0.3 is 0 Å². The maximum Gasteiger partial charge on any atom is 0.165 e. The molecule has 1 aliphatic heterocycles. The lowest BCUT2D eigenvalue weighted by molar-refractivity contribution is 0.438. The van der Waals surface area contributed by atoms with Crippen LogP contribution in [0.1, 0.15) is 25.3 Å². The predicted octanol–water partition coefficient (Wildman–Crippen LogP) is 4.31. The van der Waals surface area contributed by atoms with E-state index in [0.29, 0.717) is 5.82 Å². The van der Waals surface area contributed by atoms with Gasteiger partial charge in [-0.05, 0) is 48.6 Å². The Kier molecular flexibility index (Phi) is 4.78. The van der Waals surface area contributed by atoms with Gasteiger partial charge in [-0.3, -0.25) is 10.4 Å². The van der Waals surface area contributed by atoms with Crippen molar-refractivity contribution >= 4 is 28.8 Å². The van der Waals surface area contributed by atoms with E-state index in [4.69, 9.17) is 0 Å². The Bertz CT molecular complexity index is 896. The van der Waals surface area contributed by atoms with Crippen LogP contribution in [0.15, 0.2) is 59.8 Å². The Morgan fingerprint density at radius 1 is 1.04 bits per heavy atom. The second-order valence-electron chi connectivity index (χ2n) is 6.88. The molecule has 132 valence electrons. The number of anilines is 2. The summed E-state index contributed by atoms with van der Waals surface area (Å²) in [5.74, 6) is 1.49. The van der Waals surface area contributed by atoms with Crippen LogP contribution in [-0.2, 0) is 0 Å². The molecule has 0 saturated carbocycles. The van der Waals surface area contributed by atoms with Gasteiger partial charge in [0.1, 0.15) is 0 Å². The molecule has 5 nitrogen and oxygen atoms in total. The fraction of sp³-hybridized carbons (Fsp3) is 0.286. The highest BCUT2D eigenvalue weighted by Gasteiger charge is 2.15. The number of hydrazone groups is 1. The molecule has 0 unspecified atom stereocenters. The second kappa shape index (κ2) is 7.52. The fourth-order valence-electron chi connectivity index (χ4n) is 3.22. The van der Waals surface area contributed by atoms with E-state index < -0.39 is 0 Å². The summed E-state index contributed by atoms with van der Waals surface area (Å²) in [7, 11) is 0. The van der Waals surface area contributed by atoms with Gasteiger partial charge in [0.15, 0.2) is 5.82 Å². The molecule has 0 amide bonds. The van der Waals surface area contributed by atoms with Crippen LogP contribution in [0.5, 0.6) is 0 Å². The monoisotopic (exact) mass is 345 g/mol. The van der Waals surface area contributed by atoms with Crippen LogP contribution in [0, 0.1) is 5.92 Å². The zero-order valence-corrected chi connectivity index (χ0v) is 15.0. The SMILES string of the molecule is CC1CCN(c2ccc(C=NNc3cnc4ccccc4n3)cc2)CC1. The summed E-state index contributed by atoms with van der Waals surface area (Å²) in [4.78, 5) is 11.3. The van der Waals surface area contributed by atoms with Crippen LogP contribution in [-0.4, -0.2) is 29.3 Å². The number of rotatable bonds is 4. The van der Waals surface area contributed by atoms with E-state index in [9.17, 15) is 0 Å². The van der Waals surface area contributed by atoms with Gasteiger partial charge in [-0.25, -0.2) is 4.98 Å². The lowest BCUT2D eigenvalue weighted by Crippen LogP contribution is -2.32. The number of fused-ring (bicyclic) bond motifs is 1. The maximum absolute atomic E-state index is 4.49. The molecule has 0 atom stereocenters. The summed E-state index contributed by atoms with van der Waals surface area (Å²) >= 11 is 0. The van der Waals surface area contributed by atoms with E-state index in [-0.39, 0.29) is 0 Å². The third-order valence-electron chi connectivity index (χ3n) is 4.88. The van der Waals surface area contributed by atoms with E-state index in [1.165, 1.54) is 18.5 Å². The van der Waals surface area contributed by atoms with E-state index in [2.05, 4.69) is 56.6 Å². The van der Waals surface area contributed by atoms with Crippen LogP contribution in [0.4, 0.5) is 11.5 Å². The second-order valence-corrected chi connectivity index (χ2v) is 6.88. The van der Waals surface area contributed by atoms with Crippen LogP contribution < -0.4 is 10.3 Å². The highest BCUT2D eigenvalue weighted by Crippen LogP contribution is 2.22. The van der Waals surface area contributed by atoms with Crippen molar-refractivity contribution in [2.75, 3.05) is 23.4 Å². The Hall–Kier alpha value is -2.95. The molecule has 2 aromatic carbocycles. The smallest absolute Gasteiger partial charge is 0.165 e. The summed E-state index contributed by atoms with van der Waals surface area (Å²) in [6.45, 7) is 4.64. The van der Waals surface area contributed by atoms with Crippen molar-refractivity contribution in [3.8, 4) is 0 Å². The maximum atomic E-state index is 4.49. The minimum Gasteiger partial charge on any atom is -0.372 e. The Labute approximate surface area is 153 Å². The summed E-state index contributed by atoms with van der Waals surface area (Å²) in [6.07, 6.45) is 6.05. The normalized spacial score (nSPS) is 15.7. The van der Waals surface area contributed by atoms with Crippen molar-refractivity contribution in [3.63, 3.8) is 0 Å². The van der Waals surface area contributed by atoms with Gasteiger partial charge in [-0.15, -0.1) is 0 Å². The van der Waals surface area contributed by atoms with E-state index in [1.54, 1.807) is 12.4 Å². The number of hydrogen-bond acceptors (Lipinski definition) is 5. The highest BCUT2D eigenvalue weighted by molar-refractivity contribution is 5.81. The van der Waals surface area contributed by atoms with Gasteiger partial charge in [-0.1, -0.05) is 31.2 Å². The first-order chi connectivity index (χ1) is 12.8. The third kappa shape index (κ3) is 3.82. The van der Waals surface area contributed by atoms with Crippen molar-refractivity contribution in [2.24, 2.45) is 11.0 Å². The first kappa shape index (κ1) is 16.5. The summed E-state index contributed by atoms with van der Waals surface area (Å²) < 4.78 is 0. The molecule has 1 aliphatic rings. The molecule has 2 heterocycles. The van der Waals surface area contributed by atoms with Gasteiger partial charge in [0.2, 0.25) is 0 Å². The predicted molar refractivity (Wildman–Crippen MR) is 108 cm³/mol. The molecule has 1 N–H and O–H groups in total. The quantitative estimate of drug-likeness (QED) is 0.565. The lowest BCUT2D eigenvalue weighted by atomic mass is 9.99. The molecular weight excluding hydrogens is 322 g/mol. The molecule has 1 fully saturated rings. The molecular formula is C21H23N5. The van der Waals surface area contributed by atoms with E-state index >= 15 is 0 Å². The number of hydrogen-bond donors (Lipinski definition) is 1. The Morgan fingerprint density at radius 2 is 1.77 bits per heavy atom. The van der Waals surface area contributed by atoms with E-state index in [0.717, 1.165) is 35.6 Å². The van der Waals surface area contributed by atoms with Crippen molar-refractivity contribution < 1.29 is 0 Å². The zero-order valence-electron chi connectivity index (χ0n) is 15.0. The average Bonchev–Trinajstić information content (AvgIpc) is 2.69. The average molecular weight is 345 g/mol.